The van der Waals surface area contributed by atoms with Gasteiger partial charge >= 0.3 is 0 Å². The summed E-state index contributed by atoms with van der Waals surface area (Å²) in [5, 5.41) is 8.58. The minimum Gasteiger partial charge on any atom is -0.360 e. The van der Waals surface area contributed by atoms with Crippen LogP contribution in [0.25, 0.3) is 0 Å². The van der Waals surface area contributed by atoms with Gasteiger partial charge in [0.1, 0.15) is 0 Å². The zero-order valence-corrected chi connectivity index (χ0v) is 7.96. The van der Waals surface area contributed by atoms with Gasteiger partial charge in [0, 0.05) is 18.8 Å². The monoisotopic (exact) mass is 202 g/mol. The lowest BCUT2D eigenvalue weighted by atomic mass is 10.2. The maximum atomic E-state index is 11.3. The Morgan fingerprint density at radius 1 is 1.77 bits per heavy atom. The van der Waals surface area contributed by atoms with E-state index < -0.39 is 6.10 Å². The summed E-state index contributed by atoms with van der Waals surface area (Å²) in [7, 11) is 0. The van der Waals surface area contributed by atoms with E-state index in [1.54, 1.807) is 4.90 Å². The maximum Gasteiger partial charge on any atom is 0.223 e. The van der Waals surface area contributed by atoms with Gasteiger partial charge in [-0.25, -0.2) is 0 Å². The lowest BCUT2D eigenvalue weighted by molar-refractivity contribution is -0.136. The van der Waals surface area contributed by atoms with Gasteiger partial charge in [0.2, 0.25) is 5.91 Å². The number of morpholine rings is 1. The van der Waals surface area contributed by atoms with Gasteiger partial charge in [-0.2, -0.15) is 5.26 Å². The highest BCUT2D eigenvalue weighted by Gasteiger charge is 2.22. The second-order valence-corrected chi connectivity index (χ2v) is 3.15. The van der Waals surface area contributed by atoms with E-state index in [4.69, 9.17) is 21.6 Å². The van der Waals surface area contributed by atoms with Crippen molar-refractivity contribution in [3.63, 3.8) is 0 Å². The van der Waals surface area contributed by atoms with Crippen LogP contribution in [-0.4, -0.2) is 42.5 Å². The fourth-order valence-electron chi connectivity index (χ4n) is 1.19. The Bertz CT molecular complexity index is 227. The second kappa shape index (κ2) is 5.05. The standard InChI is InChI=1S/C8H11ClN2O2/c9-2-1-8(12)11-3-4-13-7(5-10)6-11/h7H,1-4,6H2. The number of nitrogens with zero attached hydrogens (tertiary/aromatic N) is 2. The average Bonchev–Trinajstić information content (AvgIpc) is 2.18. The van der Waals surface area contributed by atoms with E-state index in [0.29, 0.717) is 32.0 Å². The van der Waals surface area contributed by atoms with Gasteiger partial charge in [0.05, 0.1) is 19.2 Å². The second-order valence-electron chi connectivity index (χ2n) is 2.77. The molecule has 72 valence electrons. The number of hydrogen-bond donors (Lipinski definition) is 0. The number of hydrogen-bond acceptors (Lipinski definition) is 3. The molecule has 1 fully saturated rings. The average molecular weight is 203 g/mol. The maximum absolute atomic E-state index is 11.3. The molecule has 0 spiro atoms. The largest absolute Gasteiger partial charge is 0.360 e. The van der Waals surface area contributed by atoms with Crippen LogP contribution in [0, 0.1) is 11.3 Å². The molecule has 0 radical (unpaired) electrons. The van der Waals surface area contributed by atoms with Gasteiger partial charge in [0.25, 0.3) is 0 Å². The van der Waals surface area contributed by atoms with Crippen molar-refractivity contribution in [3.8, 4) is 6.07 Å². The van der Waals surface area contributed by atoms with Crippen LogP contribution < -0.4 is 0 Å². The molecule has 0 saturated carbocycles. The van der Waals surface area contributed by atoms with Crippen LogP contribution in [0.15, 0.2) is 0 Å². The summed E-state index contributed by atoms with van der Waals surface area (Å²) in [5.41, 5.74) is 0. The lowest BCUT2D eigenvalue weighted by Crippen LogP contribution is -2.45. The smallest absolute Gasteiger partial charge is 0.223 e. The Balaban J connectivity index is 2.42. The molecule has 0 bridgehead atoms. The summed E-state index contributed by atoms with van der Waals surface area (Å²) in [6, 6.07) is 1.98. The van der Waals surface area contributed by atoms with Crippen LogP contribution in [0.5, 0.6) is 0 Å². The molecule has 4 nitrogen and oxygen atoms in total. The minimum atomic E-state index is -0.479. The van der Waals surface area contributed by atoms with E-state index in [-0.39, 0.29) is 5.91 Å². The molecule has 13 heavy (non-hydrogen) atoms. The van der Waals surface area contributed by atoms with Gasteiger partial charge in [-0.3, -0.25) is 4.79 Å². The first-order valence-corrected chi connectivity index (χ1v) is 4.66. The molecular formula is C8H11ClN2O2. The molecule has 1 rings (SSSR count). The quantitative estimate of drug-likeness (QED) is 0.608. The number of ether oxygens (including phenoxy) is 1. The van der Waals surface area contributed by atoms with Crippen molar-refractivity contribution in [2.24, 2.45) is 0 Å². The summed E-state index contributed by atoms with van der Waals surface area (Å²) >= 11 is 5.44. The fourth-order valence-corrected chi connectivity index (χ4v) is 1.35. The predicted molar refractivity (Wildman–Crippen MR) is 47.3 cm³/mol. The molecule has 0 aromatic carbocycles. The Morgan fingerprint density at radius 2 is 2.54 bits per heavy atom. The van der Waals surface area contributed by atoms with Gasteiger partial charge in [0.15, 0.2) is 6.10 Å². The summed E-state index contributed by atoms with van der Waals surface area (Å²) in [4.78, 5) is 13.0. The summed E-state index contributed by atoms with van der Waals surface area (Å²) in [6.45, 7) is 1.37. The van der Waals surface area contributed by atoms with E-state index in [2.05, 4.69) is 0 Å². The van der Waals surface area contributed by atoms with Gasteiger partial charge in [-0.15, -0.1) is 11.6 Å². The molecule has 5 heteroatoms. The molecule has 1 amide bonds. The van der Waals surface area contributed by atoms with Crippen molar-refractivity contribution < 1.29 is 9.53 Å². The van der Waals surface area contributed by atoms with Crippen molar-refractivity contribution >= 4 is 17.5 Å². The summed E-state index contributed by atoms with van der Waals surface area (Å²) in [5.74, 6) is 0.325. The van der Waals surface area contributed by atoms with Crippen molar-refractivity contribution in [3.05, 3.63) is 0 Å². The molecule has 1 aliphatic heterocycles. The number of rotatable bonds is 2. The lowest BCUT2D eigenvalue weighted by Gasteiger charge is -2.29. The van der Waals surface area contributed by atoms with E-state index in [1.165, 1.54) is 0 Å². The first-order chi connectivity index (χ1) is 6.27. The zero-order chi connectivity index (χ0) is 9.68. The number of carbonyl (C=O) groups is 1. The molecular weight excluding hydrogens is 192 g/mol. The summed E-state index contributed by atoms with van der Waals surface area (Å²) in [6.07, 6.45) is -0.146. The van der Waals surface area contributed by atoms with Crippen LogP contribution in [0.4, 0.5) is 0 Å². The van der Waals surface area contributed by atoms with Gasteiger partial charge in [-0.1, -0.05) is 0 Å². The molecule has 0 aromatic rings. The highest BCUT2D eigenvalue weighted by atomic mass is 35.5. The van der Waals surface area contributed by atoms with Crippen molar-refractivity contribution in [2.75, 3.05) is 25.6 Å². The van der Waals surface area contributed by atoms with Crippen LogP contribution >= 0.6 is 11.6 Å². The third-order valence-electron chi connectivity index (χ3n) is 1.87. The normalized spacial score (nSPS) is 22.5. The fraction of sp³-hybridized carbons (Fsp3) is 0.750. The highest BCUT2D eigenvalue weighted by molar-refractivity contribution is 6.18. The van der Waals surface area contributed by atoms with Crippen molar-refractivity contribution in [1.82, 2.24) is 4.90 Å². The van der Waals surface area contributed by atoms with E-state index >= 15 is 0 Å². The molecule has 0 aliphatic carbocycles. The Hall–Kier alpha value is -0.790. The molecule has 1 saturated heterocycles. The first kappa shape index (κ1) is 10.3. The summed E-state index contributed by atoms with van der Waals surface area (Å²) < 4.78 is 5.10. The van der Waals surface area contributed by atoms with Crippen LogP contribution in [0.2, 0.25) is 0 Å². The van der Waals surface area contributed by atoms with Crippen LogP contribution in [-0.2, 0) is 9.53 Å². The van der Waals surface area contributed by atoms with Crippen LogP contribution in [0.3, 0.4) is 0 Å². The number of amides is 1. The van der Waals surface area contributed by atoms with Crippen molar-refractivity contribution in [2.45, 2.75) is 12.5 Å². The van der Waals surface area contributed by atoms with Crippen molar-refractivity contribution in [1.29, 1.82) is 5.26 Å². The number of nitriles is 1. The third-order valence-corrected chi connectivity index (χ3v) is 2.06. The molecule has 1 heterocycles. The third kappa shape index (κ3) is 2.87. The van der Waals surface area contributed by atoms with Gasteiger partial charge in [-0.05, 0) is 0 Å². The molecule has 1 atom stereocenters. The Morgan fingerprint density at radius 3 is 3.15 bits per heavy atom. The highest BCUT2D eigenvalue weighted by Crippen LogP contribution is 2.06. The van der Waals surface area contributed by atoms with E-state index in [9.17, 15) is 4.79 Å². The number of halogens is 1. The Labute approximate surface area is 82.0 Å². The Kier molecular flexibility index (Phi) is 4.00. The van der Waals surface area contributed by atoms with Gasteiger partial charge < -0.3 is 9.64 Å². The SMILES string of the molecule is N#CC1CN(C(=O)CCCl)CCO1. The zero-order valence-electron chi connectivity index (χ0n) is 7.20. The topological polar surface area (TPSA) is 53.3 Å². The van der Waals surface area contributed by atoms with E-state index in [1.807, 2.05) is 6.07 Å². The van der Waals surface area contributed by atoms with E-state index in [0.717, 1.165) is 0 Å². The number of carbonyl (C=O) groups excluding carboxylic acids is 1. The first-order valence-electron chi connectivity index (χ1n) is 4.13. The molecule has 0 N–H and O–H groups in total. The molecule has 1 unspecified atom stereocenters. The molecule has 1 aliphatic rings. The molecule has 0 aromatic heterocycles. The number of alkyl halides is 1. The minimum absolute atomic E-state index is 0.00134. The predicted octanol–water partition coefficient (Wildman–Crippen LogP) is 0.366. The van der Waals surface area contributed by atoms with Crippen LogP contribution in [0.1, 0.15) is 6.42 Å².